The van der Waals surface area contributed by atoms with Gasteiger partial charge in [-0.2, -0.15) is 5.10 Å². The fourth-order valence-electron chi connectivity index (χ4n) is 2.31. The molecule has 3 rings (SSSR count). The van der Waals surface area contributed by atoms with Crippen molar-refractivity contribution in [2.24, 2.45) is 0 Å². The number of aliphatic hydroxyl groups excluding tert-OH is 3. The molecule has 3 heterocycles. The van der Waals surface area contributed by atoms with Gasteiger partial charge < -0.3 is 25.0 Å². The summed E-state index contributed by atoms with van der Waals surface area (Å²) in [5.74, 6) is 0.399. The lowest BCUT2D eigenvalue weighted by atomic mass is 10.1. The van der Waals surface area contributed by atoms with Crippen molar-refractivity contribution >= 4 is 11.0 Å². The summed E-state index contributed by atoms with van der Waals surface area (Å²) in [6.45, 7) is 1.19. The monoisotopic (exact) mass is 282 g/mol. The number of hydrogen-bond acceptors (Lipinski definition) is 7. The van der Waals surface area contributed by atoms with Crippen LogP contribution in [-0.4, -0.2) is 60.0 Å². The maximum absolute atomic E-state index is 11.8. The van der Waals surface area contributed by atoms with Gasteiger partial charge in [0.1, 0.15) is 29.5 Å². The largest absolute Gasteiger partial charge is 0.394 e. The Hall–Kier alpha value is -1.81. The van der Waals surface area contributed by atoms with Crippen molar-refractivity contribution in [3.05, 3.63) is 22.4 Å². The molecular weight excluding hydrogens is 268 g/mol. The first kappa shape index (κ1) is 13.2. The van der Waals surface area contributed by atoms with Gasteiger partial charge in [-0.05, 0) is 6.92 Å². The Balaban J connectivity index is 2.09. The summed E-state index contributed by atoms with van der Waals surface area (Å²) in [5, 5.41) is 33.0. The van der Waals surface area contributed by atoms with Crippen LogP contribution in [-0.2, 0) is 4.74 Å². The Morgan fingerprint density at radius 3 is 2.85 bits per heavy atom. The molecule has 0 bridgehead atoms. The molecule has 0 amide bonds. The lowest BCUT2D eigenvalue weighted by molar-refractivity contribution is -0.0566. The zero-order valence-corrected chi connectivity index (χ0v) is 10.6. The molecule has 2 aromatic heterocycles. The molecule has 0 spiro atoms. The molecule has 1 unspecified atom stereocenters. The second kappa shape index (κ2) is 4.63. The second-order valence-corrected chi connectivity index (χ2v) is 4.71. The molecule has 2 aromatic rings. The molecule has 9 nitrogen and oxygen atoms in total. The number of hydrogen-bond donors (Lipinski definition) is 4. The van der Waals surface area contributed by atoms with Crippen LogP contribution in [0.25, 0.3) is 11.0 Å². The van der Waals surface area contributed by atoms with E-state index in [1.807, 2.05) is 0 Å². The molecular formula is C11H14N4O5. The Kier molecular flexibility index (Phi) is 3.05. The minimum Gasteiger partial charge on any atom is -0.394 e. The molecule has 1 aliphatic rings. The number of aromatic amines is 1. The number of fused-ring (bicyclic) bond motifs is 1. The Labute approximate surface area is 112 Å². The molecule has 20 heavy (non-hydrogen) atoms. The quantitative estimate of drug-likeness (QED) is 0.502. The molecule has 1 fully saturated rings. The van der Waals surface area contributed by atoms with Gasteiger partial charge in [0.15, 0.2) is 11.9 Å². The summed E-state index contributed by atoms with van der Waals surface area (Å²) in [6.07, 6.45) is -3.09. The molecule has 1 saturated heterocycles. The van der Waals surface area contributed by atoms with Gasteiger partial charge in [0.2, 0.25) is 0 Å². The van der Waals surface area contributed by atoms with Gasteiger partial charge >= 0.3 is 0 Å². The number of nitrogens with zero attached hydrogens (tertiary/aromatic N) is 3. The number of nitrogens with one attached hydrogen (secondary N) is 1. The number of aryl methyl sites for hydroxylation is 1. The molecule has 0 radical (unpaired) electrons. The normalized spacial score (nSPS) is 30.2. The first-order valence-corrected chi connectivity index (χ1v) is 6.09. The second-order valence-electron chi connectivity index (χ2n) is 4.71. The lowest BCUT2D eigenvalue weighted by Gasteiger charge is -2.15. The fraction of sp³-hybridized carbons (Fsp3) is 0.545. The number of ether oxygens (including phenoxy) is 1. The molecule has 4 atom stereocenters. The molecule has 108 valence electrons. The summed E-state index contributed by atoms with van der Waals surface area (Å²) < 4.78 is 6.60. The zero-order valence-electron chi connectivity index (χ0n) is 10.6. The summed E-state index contributed by atoms with van der Waals surface area (Å²) in [5.41, 5.74) is -0.0911. The minimum atomic E-state index is -1.27. The standard InChI is InChI=1S/C11H14N4O5/c1-4-13-9-5(10(19)14-4)2-12-15(9)11-8(18)7(17)6(3-16)20-11/h2,6-8,11,16-18H,3H2,1H3,(H,13,14,19)/t6-,7+,8?,11-/m1/s1. The van der Waals surface area contributed by atoms with Crippen molar-refractivity contribution in [1.29, 1.82) is 0 Å². The maximum atomic E-state index is 11.8. The number of aliphatic hydroxyl groups is 3. The molecule has 0 aliphatic carbocycles. The molecule has 0 saturated carbocycles. The minimum absolute atomic E-state index is 0.251. The van der Waals surface area contributed by atoms with Crippen LogP contribution in [0.1, 0.15) is 12.1 Å². The van der Waals surface area contributed by atoms with Crippen LogP contribution in [0.5, 0.6) is 0 Å². The fourth-order valence-corrected chi connectivity index (χ4v) is 2.31. The van der Waals surface area contributed by atoms with Gasteiger partial charge in [0, 0.05) is 0 Å². The van der Waals surface area contributed by atoms with Crippen LogP contribution in [0.4, 0.5) is 0 Å². The van der Waals surface area contributed by atoms with Gasteiger partial charge in [-0.25, -0.2) is 9.67 Å². The molecule has 9 heteroatoms. The highest BCUT2D eigenvalue weighted by atomic mass is 16.6. The van der Waals surface area contributed by atoms with Gasteiger partial charge in [-0.1, -0.05) is 0 Å². The van der Waals surface area contributed by atoms with Crippen LogP contribution in [0.3, 0.4) is 0 Å². The van der Waals surface area contributed by atoms with Crippen molar-refractivity contribution < 1.29 is 20.1 Å². The summed E-state index contributed by atoms with van der Waals surface area (Å²) in [4.78, 5) is 18.5. The zero-order chi connectivity index (χ0) is 14.4. The van der Waals surface area contributed by atoms with Gasteiger partial charge in [0.05, 0.1) is 12.8 Å². The third-order valence-electron chi connectivity index (χ3n) is 3.34. The van der Waals surface area contributed by atoms with Crippen molar-refractivity contribution in [3.63, 3.8) is 0 Å². The predicted molar refractivity (Wildman–Crippen MR) is 65.9 cm³/mol. The van der Waals surface area contributed by atoms with Crippen molar-refractivity contribution in [1.82, 2.24) is 19.7 Å². The van der Waals surface area contributed by atoms with Crippen molar-refractivity contribution in [2.75, 3.05) is 6.61 Å². The van der Waals surface area contributed by atoms with Crippen LogP contribution in [0, 0.1) is 6.92 Å². The van der Waals surface area contributed by atoms with Crippen molar-refractivity contribution in [3.8, 4) is 0 Å². The highest BCUT2D eigenvalue weighted by Gasteiger charge is 2.44. The Morgan fingerprint density at radius 1 is 1.45 bits per heavy atom. The predicted octanol–water partition coefficient (Wildman–Crippen LogP) is -1.96. The third-order valence-corrected chi connectivity index (χ3v) is 3.34. The summed E-state index contributed by atoms with van der Waals surface area (Å²) in [7, 11) is 0. The van der Waals surface area contributed by atoms with E-state index in [0.717, 1.165) is 0 Å². The first-order chi connectivity index (χ1) is 9.52. The number of aromatic nitrogens is 4. The smallest absolute Gasteiger partial charge is 0.262 e. The molecule has 1 aliphatic heterocycles. The topological polar surface area (TPSA) is 133 Å². The SMILES string of the molecule is Cc1nc2c(cnn2[C@@H]2O[C@H](CO)[C@H](O)C2O)c(=O)[nH]1. The van der Waals surface area contributed by atoms with Gasteiger partial charge in [-0.15, -0.1) is 0 Å². The van der Waals surface area contributed by atoms with Crippen LogP contribution in [0.15, 0.2) is 11.0 Å². The average molecular weight is 282 g/mol. The van der Waals surface area contributed by atoms with E-state index in [9.17, 15) is 15.0 Å². The van der Waals surface area contributed by atoms with E-state index in [4.69, 9.17) is 9.84 Å². The summed E-state index contributed by atoms with van der Waals surface area (Å²) in [6, 6.07) is 0. The highest BCUT2D eigenvalue weighted by molar-refractivity contribution is 5.73. The van der Waals surface area contributed by atoms with Crippen LogP contribution < -0.4 is 5.56 Å². The van der Waals surface area contributed by atoms with E-state index >= 15 is 0 Å². The van der Waals surface area contributed by atoms with E-state index in [1.165, 1.54) is 10.9 Å². The average Bonchev–Trinajstić information content (AvgIpc) is 2.93. The highest BCUT2D eigenvalue weighted by Crippen LogP contribution is 2.30. The molecule has 4 N–H and O–H groups in total. The third kappa shape index (κ3) is 1.83. The summed E-state index contributed by atoms with van der Waals surface area (Å²) >= 11 is 0. The Bertz CT molecular complexity index is 696. The first-order valence-electron chi connectivity index (χ1n) is 6.09. The van der Waals surface area contributed by atoms with Crippen LogP contribution in [0.2, 0.25) is 0 Å². The van der Waals surface area contributed by atoms with Crippen LogP contribution >= 0.6 is 0 Å². The molecule has 0 aromatic carbocycles. The van der Waals surface area contributed by atoms with Gasteiger partial charge in [0.25, 0.3) is 5.56 Å². The lowest BCUT2D eigenvalue weighted by Crippen LogP contribution is -2.33. The van der Waals surface area contributed by atoms with E-state index in [0.29, 0.717) is 5.82 Å². The van der Waals surface area contributed by atoms with E-state index in [1.54, 1.807) is 6.92 Å². The number of H-pyrrole nitrogens is 1. The number of rotatable bonds is 2. The van der Waals surface area contributed by atoms with Crippen molar-refractivity contribution in [2.45, 2.75) is 31.5 Å². The van der Waals surface area contributed by atoms with E-state index in [-0.39, 0.29) is 16.6 Å². The van der Waals surface area contributed by atoms with Gasteiger partial charge in [-0.3, -0.25) is 4.79 Å². The van der Waals surface area contributed by atoms with E-state index in [2.05, 4.69) is 15.1 Å². The maximum Gasteiger partial charge on any atom is 0.262 e. The Morgan fingerprint density at radius 2 is 2.20 bits per heavy atom. The van der Waals surface area contributed by atoms with E-state index < -0.39 is 31.1 Å².